The molecule has 4 heteroatoms. The Morgan fingerprint density at radius 3 is 2.56 bits per heavy atom. The Kier molecular flexibility index (Phi) is 3.65. The van der Waals surface area contributed by atoms with Gasteiger partial charge >= 0.3 is 0 Å². The summed E-state index contributed by atoms with van der Waals surface area (Å²) in [6, 6.07) is 7.51. The number of oxazole rings is 1. The van der Waals surface area contributed by atoms with Gasteiger partial charge in [-0.1, -0.05) is 23.7 Å². The van der Waals surface area contributed by atoms with Crippen molar-refractivity contribution in [1.29, 1.82) is 0 Å². The number of hydrogen-bond donors (Lipinski definition) is 0. The highest BCUT2D eigenvalue weighted by molar-refractivity contribution is 6.30. The van der Waals surface area contributed by atoms with Crippen LogP contribution in [0, 0.1) is 0 Å². The van der Waals surface area contributed by atoms with Crippen molar-refractivity contribution in [3.63, 3.8) is 0 Å². The zero-order valence-corrected chi connectivity index (χ0v) is 9.87. The van der Waals surface area contributed by atoms with Crippen molar-refractivity contribution in [3.8, 4) is 0 Å². The molecule has 1 aromatic carbocycles. The van der Waals surface area contributed by atoms with Gasteiger partial charge in [-0.2, -0.15) is 0 Å². The normalized spacial score (nSPS) is 11.1. The van der Waals surface area contributed by atoms with Crippen molar-refractivity contribution in [2.24, 2.45) is 0 Å². The molecule has 2 nitrogen and oxygen atoms in total. The Labute approximate surface area is 104 Å². The van der Waals surface area contributed by atoms with Gasteiger partial charge in [0.2, 0.25) is 5.89 Å². The summed E-state index contributed by atoms with van der Waals surface area (Å²) in [4.78, 5) is 4.15. The molecule has 0 aliphatic carbocycles. The van der Waals surface area contributed by atoms with Crippen molar-refractivity contribution >= 4 is 35.4 Å². The molecule has 2 aromatic rings. The van der Waals surface area contributed by atoms with Crippen LogP contribution in [0.15, 0.2) is 34.9 Å². The zero-order chi connectivity index (χ0) is 11.4. The highest BCUT2D eigenvalue weighted by atomic mass is 35.5. The van der Waals surface area contributed by atoms with E-state index >= 15 is 0 Å². The van der Waals surface area contributed by atoms with Crippen LogP contribution in [-0.4, -0.2) is 4.98 Å². The smallest absolute Gasteiger partial charge is 0.218 e. The van der Waals surface area contributed by atoms with E-state index in [0.717, 1.165) is 16.3 Å². The maximum absolute atomic E-state index is 5.78. The van der Waals surface area contributed by atoms with Gasteiger partial charge in [0, 0.05) is 11.1 Å². The molecule has 1 aromatic heterocycles. The number of halogens is 2. The van der Waals surface area contributed by atoms with Crippen molar-refractivity contribution < 1.29 is 4.42 Å². The average Bonchev–Trinajstić information content (AvgIpc) is 2.76. The summed E-state index contributed by atoms with van der Waals surface area (Å²) in [5.41, 5.74) is 1.77. The number of aromatic nitrogens is 1. The van der Waals surface area contributed by atoms with E-state index in [4.69, 9.17) is 27.6 Å². The van der Waals surface area contributed by atoms with Gasteiger partial charge in [-0.05, 0) is 23.8 Å². The molecule has 0 unspecified atom stereocenters. The first kappa shape index (κ1) is 11.2. The van der Waals surface area contributed by atoms with E-state index in [-0.39, 0.29) is 0 Å². The molecule has 16 heavy (non-hydrogen) atoms. The van der Waals surface area contributed by atoms with E-state index in [1.165, 1.54) is 0 Å². The van der Waals surface area contributed by atoms with Crippen LogP contribution >= 0.6 is 23.2 Å². The lowest BCUT2D eigenvalue weighted by molar-refractivity contribution is 0.546. The Balaban J connectivity index is 2.11. The summed E-state index contributed by atoms with van der Waals surface area (Å²) in [6.45, 7) is 0. The van der Waals surface area contributed by atoms with Crippen LogP contribution in [0.4, 0.5) is 0 Å². The second kappa shape index (κ2) is 5.19. The molecule has 1 heterocycles. The molecule has 0 fully saturated rings. The van der Waals surface area contributed by atoms with Crippen LogP contribution in [0.3, 0.4) is 0 Å². The van der Waals surface area contributed by atoms with Gasteiger partial charge in [0.15, 0.2) is 0 Å². The van der Waals surface area contributed by atoms with Crippen molar-refractivity contribution in [1.82, 2.24) is 4.98 Å². The summed E-state index contributed by atoms with van der Waals surface area (Å²) in [6.07, 6.45) is 5.24. The Hall–Kier alpha value is -1.25. The molecular weight excluding hydrogens is 245 g/mol. The molecule has 0 radical (unpaired) electrons. The van der Waals surface area contributed by atoms with Crippen molar-refractivity contribution in [2.45, 2.75) is 5.88 Å². The molecule has 0 saturated heterocycles. The minimum Gasteiger partial charge on any atom is -0.445 e. The topological polar surface area (TPSA) is 26.0 Å². The third-order valence-electron chi connectivity index (χ3n) is 1.99. The van der Waals surface area contributed by atoms with Crippen LogP contribution in [0.1, 0.15) is 17.1 Å². The van der Waals surface area contributed by atoms with Crippen LogP contribution in [0.5, 0.6) is 0 Å². The van der Waals surface area contributed by atoms with Gasteiger partial charge < -0.3 is 4.42 Å². The SMILES string of the molecule is ClCc1coc(C=Cc2ccc(Cl)cc2)n1. The third kappa shape index (κ3) is 2.87. The summed E-state index contributed by atoms with van der Waals surface area (Å²) in [5, 5.41) is 0.720. The van der Waals surface area contributed by atoms with Crippen molar-refractivity contribution in [2.75, 3.05) is 0 Å². The quantitative estimate of drug-likeness (QED) is 0.765. The second-order valence-corrected chi connectivity index (χ2v) is 3.90. The first-order valence-electron chi connectivity index (χ1n) is 4.72. The van der Waals surface area contributed by atoms with Crippen LogP contribution in [-0.2, 0) is 5.88 Å². The predicted octanol–water partition coefficient (Wildman–Crippen LogP) is 4.24. The molecule has 0 N–H and O–H groups in total. The molecule has 0 aliphatic heterocycles. The highest BCUT2D eigenvalue weighted by Crippen LogP contribution is 2.13. The van der Waals surface area contributed by atoms with Gasteiger partial charge in [0.1, 0.15) is 6.26 Å². The van der Waals surface area contributed by atoms with E-state index < -0.39 is 0 Å². The standard InChI is InChI=1S/C12H9Cl2NO/c13-7-11-8-16-12(15-11)6-3-9-1-4-10(14)5-2-9/h1-6,8H,7H2. The zero-order valence-electron chi connectivity index (χ0n) is 8.36. The van der Waals surface area contributed by atoms with Gasteiger partial charge in [-0.25, -0.2) is 4.98 Å². The molecule has 0 atom stereocenters. The van der Waals surface area contributed by atoms with Crippen molar-refractivity contribution in [3.05, 3.63) is 52.7 Å². The minimum atomic E-state index is 0.359. The molecule has 0 spiro atoms. The van der Waals surface area contributed by atoms with E-state index in [1.54, 1.807) is 12.3 Å². The molecule has 0 bridgehead atoms. The number of nitrogens with zero attached hydrogens (tertiary/aromatic N) is 1. The number of benzene rings is 1. The Morgan fingerprint density at radius 2 is 1.94 bits per heavy atom. The fourth-order valence-corrected chi connectivity index (χ4v) is 1.45. The molecule has 0 saturated carbocycles. The van der Waals surface area contributed by atoms with E-state index in [9.17, 15) is 0 Å². The maximum atomic E-state index is 5.78. The van der Waals surface area contributed by atoms with Crippen LogP contribution in [0.2, 0.25) is 5.02 Å². The fraction of sp³-hybridized carbons (Fsp3) is 0.0833. The average molecular weight is 254 g/mol. The summed E-state index contributed by atoms with van der Waals surface area (Å²) >= 11 is 11.4. The van der Waals surface area contributed by atoms with Gasteiger partial charge in [0.25, 0.3) is 0 Å². The van der Waals surface area contributed by atoms with Gasteiger partial charge in [0.05, 0.1) is 11.6 Å². The van der Waals surface area contributed by atoms with E-state index in [2.05, 4.69) is 4.98 Å². The third-order valence-corrected chi connectivity index (χ3v) is 2.52. The largest absolute Gasteiger partial charge is 0.445 e. The first-order chi connectivity index (χ1) is 7.78. The summed E-state index contributed by atoms with van der Waals surface area (Å²) in [7, 11) is 0. The Morgan fingerprint density at radius 1 is 1.19 bits per heavy atom. The lowest BCUT2D eigenvalue weighted by Crippen LogP contribution is -1.76. The number of alkyl halides is 1. The number of rotatable bonds is 3. The van der Waals surface area contributed by atoms with Crippen LogP contribution in [0.25, 0.3) is 12.2 Å². The Bertz CT molecular complexity index is 488. The predicted molar refractivity (Wildman–Crippen MR) is 66.4 cm³/mol. The maximum Gasteiger partial charge on any atom is 0.218 e. The molecule has 82 valence electrons. The summed E-state index contributed by atoms with van der Waals surface area (Å²) in [5.74, 6) is 0.906. The number of hydrogen-bond acceptors (Lipinski definition) is 2. The first-order valence-corrected chi connectivity index (χ1v) is 5.63. The second-order valence-electron chi connectivity index (χ2n) is 3.20. The van der Waals surface area contributed by atoms with E-state index in [0.29, 0.717) is 11.8 Å². The van der Waals surface area contributed by atoms with Crippen LogP contribution < -0.4 is 0 Å². The minimum absolute atomic E-state index is 0.359. The highest BCUT2D eigenvalue weighted by Gasteiger charge is 1.98. The molecule has 0 aliphatic rings. The van der Waals surface area contributed by atoms with Gasteiger partial charge in [-0.15, -0.1) is 11.6 Å². The molecular formula is C12H9Cl2NO. The molecule has 0 amide bonds. The van der Waals surface area contributed by atoms with E-state index in [1.807, 2.05) is 30.3 Å². The lowest BCUT2D eigenvalue weighted by Gasteiger charge is -1.92. The fourth-order valence-electron chi connectivity index (χ4n) is 1.20. The lowest BCUT2D eigenvalue weighted by atomic mass is 10.2. The monoisotopic (exact) mass is 253 g/mol. The van der Waals surface area contributed by atoms with Gasteiger partial charge in [-0.3, -0.25) is 0 Å². The summed E-state index contributed by atoms with van der Waals surface area (Å²) < 4.78 is 5.19. The molecule has 2 rings (SSSR count).